The lowest BCUT2D eigenvalue weighted by Crippen LogP contribution is -2.52. The highest BCUT2D eigenvalue weighted by molar-refractivity contribution is 7.13. The first-order chi connectivity index (χ1) is 21.8. The minimum Gasteiger partial charge on any atom is -0.469 e. The fourth-order valence-electron chi connectivity index (χ4n) is 6.32. The monoisotopic (exact) mass is 651 g/mol. The van der Waals surface area contributed by atoms with Gasteiger partial charge in [0.05, 0.1) is 59.7 Å². The summed E-state index contributed by atoms with van der Waals surface area (Å²) >= 11 is 1.53. The van der Waals surface area contributed by atoms with E-state index in [1.54, 1.807) is 22.0 Å². The number of carbonyl (C=O) groups is 4. The van der Waals surface area contributed by atoms with E-state index in [-0.39, 0.29) is 37.7 Å². The summed E-state index contributed by atoms with van der Waals surface area (Å²) in [5.41, 5.74) is 4.94. The van der Waals surface area contributed by atoms with E-state index >= 15 is 0 Å². The number of fused-ring (bicyclic) bond motifs is 1. The largest absolute Gasteiger partial charge is 0.469 e. The molecule has 0 spiro atoms. The molecule has 4 heterocycles. The number of rotatable bonds is 7. The van der Waals surface area contributed by atoms with E-state index in [1.807, 2.05) is 45.0 Å². The van der Waals surface area contributed by atoms with E-state index in [0.717, 1.165) is 16.1 Å². The second kappa shape index (κ2) is 13.3. The molecule has 0 unspecified atom stereocenters. The van der Waals surface area contributed by atoms with Crippen molar-refractivity contribution in [2.24, 2.45) is 5.41 Å². The summed E-state index contributed by atoms with van der Waals surface area (Å²) in [4.78, 5) is 61.7. The van der Waals surface area contributed by atoms with Gasteiger partial charge < -0.3 is 25.0 Å². The van der Waals surface area contributed by atoms with Gasteiger partial charge in [-0.05, 0) is 36.8 Å². The van der Waals surface area contributed by atoms with Gasteiger partial charge in [-0.15, -0.1) is 16.4 Å². The molecule has 14 heteroatoms. The number of esters is 1. The molecule has 1 saturated heterocycles. The fraction of sp³-hybridized carbons (Fsp3) is 0.531. The van der Waals surface area contributed by atoms with Crippen LogP contribution in [0.4, 0.5) is 0 Å². The van der Waals surface area contributed by atoms with E-state index in [1.165, 1.54) is 30.3 Å². The Morgan fingerprint density at radius 2 is 1.87 bits per heavy atom. The summed E-state index contributed by atoms with van der Waals surface area (Å²) in [5, 5.41) is 22.3. The van der Waals surface area contributed by atoms with Gasteiger partial charge in [-0.2, -0.15) is 0 Å². The molecule has 0 aliphatic carbocycles. The second-order valence-electron chi connectivity index (χ2n) is 12.8. The molecule has 1 fully saturated rings. The molecule has 13 nitrogen and oxygen atoms in total. The highest BCUT2D eigenvalue weighted by Crippen LogP contribution is 2.40. The van der Waals surface area contributed by atoms with Gasteiger partial charge >= 0.3 is 5.97 Å². The summed E-state index contributed by atoms with van der Waals surface area (Å²) in [7, 11) is 1.29. The lowest BCUT2D eigenvalue weighted by Gasteiger charge is -2.40. The summed E-state index contributed by atoms with van der Waals surface area (Å²) in [6.45, 7) is 9.78. The molecule has 5 rings (SSSR count). The van der Waals surface area contributed by atoms with Crippen LogP contribution >= 0.6 is 11.3 Å². The maximum absolute atomic E-state index is 14.5. The normalized spacial score (nSPS) is 21.6. The number of nitrogens with one attached hydrogen (secondary N) is 1. The Morgan fingerprint density at radius 3 is 2.50 bits per heavy atom. The average Bonchev–Trinajstić information content (AvgIpc) is 3.72. The molecule has 3 aromatic rings. The topological polar surface area (TPSA) is 160 Å². The lowest BCUT2D eigenvalue weighted by molar-refractivity contribution is -0.146. The van der Waals surface area contributed by atoms with Crippen LogP contribution in [-0.4, -0.2) is 90.9 Å². The van der Waals surface area contributed by atoms with Gasteiger partial charge in [0, 0.05) is 26.4 Å². The Kier molecular flexibility index (Phi) is 9.59. The number of aliphatic hydroxyl groups is 1. The van der Waals surface area contributed by atoms with Crippen molar-refractivity contribution in [3.05, 3.63) is 52.4 Å². The zero-order valence-electron chi connectivity index (χ0n) is 27.0. The molecule has 2 aliphatic heterocycles. The van der Waals surface area contributed by atoms with Crippen molar-refractivity contribution in [1.82, 2.24) is 35.1 Å². The van der Waals surface area contributed by atoms with Gasteiger partial charge in [0.1, 0.15) is 12.1 Å². The van der Waals surface area contributed by atoms with Crippen LogP contribution in [-0.2, 0) is 30.5 Å². The van der Waals surface area contributed by atoms with Crippen LogP contribution in [0, 0.1) is 19.3 Å². The van der Waals surface area contributed by atoms with Crippen LogP contribution < -0.4 is 5.32 Å². The standard InChI is InChI=1S/C32H41N7O6S/c1-18-26-16-37(20(3)40)12-11-32(4,5)29(39(26)36-35-18)31(44)38-15-23(41)13-25(38)30(43)34-24(14-27(42)45-6)21-7-9-22(10-8-21)28-19(2)33-17-46-28/h7-10,17,23-25,29,41H,11-16H2,1-6H3,(H,34,43)/t23-,24+,25+,29-/m1/s1. The Morgan fingerprint density at radius 1 is 1.15 bits per heavy atom. The van der Waals surface area contributed by atoms with Crippen LogP contribution in [0.2, 0.25) is 0 Å². The smallest absolute Gasteiger partial charge is 0.307 e. The second-order valence-corrected chi connectivity index (χ2v) is 13.6. The molecule has 1 aromatic carbocycles. The molecular weight excluding hydrogens is 610 g/mol. The average molecular weight is 652 g/mol. The number of likely N-dealkylation sites (tertiary alicyclic amines) is 1. The van der Waals surface area contributed by atoms with E-state index in [4.69, 9.17) is 4.74 Å². The van der Waals surface area contributed by atoms with Crippen LogP contribution in [0.15, 0.2) is 29.8 Å². The highest BCUT2D eigenvalue weighted by Gasteiger charge is 2.48. The number of aromatic nitrogens is 4. The zero-order chi connectivity index (χ0) is 33.3. The Bertz CT molecular complexity index is 1620. The number of nitrogens with zero attached hydrogens (tertiary/aromatic N) is 6. The number of ether oxygens (including phenoxy) is 1. The number of thiazole rings is 1. The van der Waals surface area contributed by atoms with Crippen molar-refractivity contribution >= 4 is 35.0 Å². The van der Waals surface area contributed by atoms with Crippen molar-refractivity contribution < 1.29 is 29.0 Å². The third kappa shape index (κ3) is 6.68. The third-order valence-electron chi connectivity index (χ3n) is 9.12. The quantitative estimate of drug-likeness (QED) is 0.366. The number of hydrogen-bond donors (Lipinski definition) is 2. The molecule has 4 atom stereocenters. The fourth-order valence-corrected chi connectivity index (χ4v) is 7.14. The first-order valence-electron chi connectivity index (χ1n) is 15.3. The predicted molar refractivity (Wildman–Crippen MR) is 169 cm³/mol. The molecule has 2 N–H and O–H groups in total. The van der Waals surface area contributed by atoms with Gasteiger partial charge in [-0.25, -0.2) is 9.67 Å². The highest BCUT2D eigenvalue weighted by atomic mass is 32.1. The third-order valence-corrected chi connectivity index (χ3v) is 10.1. The number of methoxy groups -OCH3 is 1. The molecular formula is C32H41N7O6S. The number of β-amino-alcohol motifs (C(OH)–C–C–N with tert-alkyl or cyclic N) is 1. The summed E-state index contributed by atoms with van der Waals surface area (Å²) in [6.07, 6.45) is -0.482. The molecule has 3 amide bonds. The molecule has 0 bridgehead atoms. The van der Waals surface area contributed by atoms with Crippen LogP contribution in [0.3, 0.4) is 0 Å². The van der Waals surface area contributed by atoms with E-state index in [2.05, 4.69) is 20.6 Å². The maximum Gasteiger partial charge on any atom is 0.307 e. The number of aliphatic hydroxyl groups excluding tert-OH is 1. The Labute approximate surface area is 271 Å². The van der Waals surface area contributed by atoms with Crippen molar-refractivity contribution in [2.75, 3.05) is 20.2 Å². The van der Waals surface area contributed by atoms with Gasteiger partial charge in [0.15, 0.2) is 0 Å². The zero-order valence-corrected chi connectivity index (χ0v) is 27.8. The molecule has 246 valence electrons. The van der Waals surface area contributed by atoms with E-state index in [0.29, 0.717) is 29.9 Å². The molecule has 0 saturated carbocycles. The number of aryl methyl sites for hydroxylation is 2. The Hall–Kier alpha value is -4.17. The molecule has 2 aliphatic rings. The lowest BCUT2D eigenvalue weighted by atomic mass is 9.79. The minimum absolute atomic E-state index is 0.0311. The van der Waals surface area contributed by atoms with Gasteiger partial charge in [-0.1, -0.05) is 43.3 Å². The van der Waals surface area contributed by atoms with E-state index in [9.17, 15) is 24.3 Å². The SMILES string of the molecule is COC(=O)C[C@H](NC(=O)[C@@H]1C[C@@H](O)CN1C(=O)[C@H]1n2nnc(C)c2CN(C(C)=O)CCC1(C)C)c1ccc(-c2scnc2C)cc1. The van der Waals surface area contributed by atoms with Crippen molar-refractivity contribution in [1.29, 1.82) is 0 Å². The number of benzene rings is 1. The number of carbonyl (C=O) groups excluding carboxylic acids is 4. The van der Waals surface area contributed by atoms with Gasteiger partial charge in [0.2, 0.25) is 17.7 Å². The van der Waals surface area contributed by atoms with Crippen molar-refractivity contribution in [3.63, 3.8) is 0 Å². The van der Waals surface area contributed by atoms with Crippen molar-refractivity contribution in [2.45, 2.75) is 84.7 Å². The van der Waals surface area contributed by atoms with Crippen LogP contribution in [0.25, 0.3) is 10.4 Å². The first-order valence-corrected chi connectivity index (χ1v) is 16.2. The molecule has 46 heavy (non-hydrogen) atoms. The summed E-state index contributed by atoms with van der Waals surface area (Å²) in [6, 6.07) is 5.00. The minimum atomic E-state index is -0.982. The van der Waals surface area contributed by atoms with Crippen LogP contribution in [0.1, 0.15) is 74.8 Å². The molecule has 2 aromatic heterocycles. The Balaban J connectivity index is 1.42. The van der Waals surface area contributed by atoms with Crippen LogP contribution in [0.5, 0.6) is 0 Å². The maximum atomic E-state index is 14.5. The summed E-state index contributed by atoms with van der Waals surface area (Å²) < 4.78 is 6.51. The van der Waals surface area contributed by atoms with Gasteiger partial charge in [-0.3, -0.25) is 19.2 Å². The first kappa shape index (κ1) is 33.2. The van der Waals surface area contributed by atoms with Crippen molar-refractivity contribution in [3.8, 4) is 10.4 Å². The summed E-state index contributed by atoms with van der Waals surface area (Å²) in [5.74, 6) is -1.43. The number of amides is 3. The number of hydrogen-bond acceptors (Lipinski definition) is 10. The van der Waals surface area contributed by atoms with E-state index < -0.39 is 41.5 Å². The van der Waals surface area contributed by atoms with Gasteiger partial charge in [0.25, 0.3) is 0 Å². The predicted octanol–water partition coefficient (Wildman–Crippen LogP) is 2.72. The molecule has 0 radical (unpaired) electrons.